The van der Waals surface area contributed by atoms with Crippen LogP contribution < -0.4 is 0 Å². The van der Waals surface area contributed by atoms with Crippen LogP contribution in [0.25, 0.3) is 0 Å². The molecule has 0 fully saturated rings. The molecule has 0 spiro atoms. The summed E-state index contributed by atoms with van der Waals surface area (Å²) in [6.45, 7) is 0. The molecule has 86 valence electrons. The molecule has 0 saturated carbocycles. The lowest BCUT2D eigenvalue weighted by atomic mass is 11.8. The summed E-state index contributed by atoms with van der Waals surface area (Å²) < 4.78 is 41.0. The van der Waals surface area contributed by atoms with Gasteiger partial charge in [0.05, 0.1) is 0 Å². The zero-order valence-electron chi connectivity index (χ0n) is 8.30. The third-order valence-corrected chi connectivity index (χ3v) is 9.33. The third kappa shape index (κ3) is 2.89. The lowest BCUT2D eigenvalue weighted by molar-refractivity contribution is 0.257. The second-order valence-corrected chi connectivity index (χ2v) is 9.51. The van der Waals surface area contributed by atoms with Crippen molar-refractivity contribution in [2.24, 2.45) is 0 Å². The molecule has 0 heterocycles. The Bertz CT molecular complexity index is 227. The summed E-state index contributed by atoms with van der Waals surface area (Å²) in [6.07, 6.45) is 0. The fourth-order valence-electron chi connectivity index (χ4n) is 0.670. The molecule has 0 aliphatic rings. The molecule has 6 nitrogen and oxygen atoms in total. The summed E-state index contributed by atoms with van der Waals surface area (Å²) in [5.74, 6) is 0. The summed E-state index contributed by atoms with van der Waals surface area (Å²) in [5, 5.41) is 0. The van der Waals surface area contributed by atoms with Gasteiger partial charge in [-0.25, -0.2) is 0 Å². The number of rotatable bonds is 6. The second-order valence-electron chi connectivity index (χ2n) is 2.12. The molecule has 0 radical (unpaired) electrons. The summed E-state index contributed by atoms with van der Waals surface area (Å²) in [6, 6.07) is 0. The lowest BCUT2D eigenvalue weighted by Gasteiger charge is -2.24. The lowest BCUT2D eigenvalue weighted by Crippen LogP contribution is -2.07. The summed E-state index contributed by atoms with van der Waals surface area (Å²) >= 11 is 2.94. The smallest absolute Gasteiger partial charge is 0.311 e. The van der Waals surface area contributed by atoms with Crippen molar-refractivity contribution in [1.29, 1.82) is 0 Å². The van der Waals surface area contributed by atoms with Gasteiger partial charge in [-0.05, 0) is 0 Å². The van der Waals surface area contributed by atoms with Crippen LogP contribution in [0.1, 0.15) is 0 Å². The van der Waals surface area contributed by atoms with Crippen LogP contribution in [0.2, 0.25) is 0 Å². The molecule has 0 aromatic carbocycles. The molecule has 9 heteroatoms. The van der Waals surface area contributed by atoms with Crippen LogP contribution in [0.5, 0.6) is 0 Å². The van der Waals surface area contributed by atoms with Gasteiger partial charge in [-0.2, -0.15) is 0 Å². The van der Waals surface area contributed by atoms with E-state index in [1.807, 2.05) is 0 Å². The first-order chi connectivity index (χ1) is 6.40. The largest absolute Gasteiger partial charge is 0.355 e. The van der Waals surface area contributed by atoms with Crippen LogP contribution >= 0.6 is 31.1 Å². The number of hydrogen-bond donors (Lipinski definition) is 0. The Hall–Kier alpha value is 0.780. The van der Waals surface area contributed by atoms with E-state index in [-0.39, 0.29) is 0 Å². The normalized spacial score (nSPS) is 13.6. The quantitative estimate of drug-likeness (QED) is 0.555. The highest BCUT2D eigenvalue weighted by Crippen LogP contribution is 2.71. The van der Waals surface area contributed by atoms with Crippen molar-refractivity contribution < 1.29 is 27.2 Å². The molecule has 0 aromatic heterocycles. The maximum absolute atomic E-state index is 11.8. The third-order valence-electron chi connectivity index (χ3n) is 1.54. The van der Waals surface area contributed by atoms with E-state index in [4.69, 9.17) is 0 Å². The number of hydrogen-bond acceptors (Lipinski definition) is 6. The monoisotopic (exact) mass is 310 g/mol. The predicted molar refractivity (Wildman–Crippen MR) is 56.0 cm³/mol. The number of alkyl halides is 1. The fraction of sp³-hybridized carbons (Fsp3) is 1.00. The molecule has 0 unspecified atom stereocenters. The van der Waals surface area contributed by atoms with Crippen LogP contribution in [0.4, 0.5) is 0 Å². The van der Waals surface area contributed by atoms with E-state index in [1.165, 1.54) is 28.4 Å². The minimum atomic E-state index is -3.52. The average molecular weight is 311 g/mol. The zero-order valence-corrected chi connectivity index (χ0v) is 11.7. The molecule has 0 saturated heterocycles. The molecule has 0 aliphatic carbocycles. The van der Waals surface area contributed by atoms with Crippen molar-refractivity contribution in [3.63, 3.8) is 0 Å². The van der Waals surface area contributed by atoms with Gasteiger partial charge in [0.2, 0.25) is 4.31 Å². The molecule has 0 aliphatic heterocycles. The Labute approximate surface area is 91.4 Å². The summed E-state index contributed by atoms with van der Waals surface area (Å²) in [4.78, 5) is 0. The number of halogens is 1. The molecular formula is C5H13BrO6P2. The van der Waals surface area contributed by atoms with Crippen LogP contribution in [-0.4, -0.2) is 32.7 Å². The van der Waals surface area contributed by atoms with Gasteiger partial charge < -0.3 is 18.1 Å². The van der Waals surface area contributed by atoms with Gasteiger partial charge in [0.1, 0.15) is 0 Å². The Balaban J connectivity index is 5.01. The van der Waals surface area contributed by atoms with Crippen molar-refractivity contribution in [3.05, 3.63) is 0 Å². The SMILES string of the molecule is COP(=O)(OC)C(Br)P(=O)(OC)OC. The summed E-state index contributed by atoms with van der Waals surface area (Å²) in [5.41, 5.74) is 0. The van der Waals surface area contributed by atoms with Gasteiger partial charge in [0, 0.05) is 28.4 Å². The van der Waals surface area contributed by atoms with Crippen molar-refractivity contribution in [2.45, 2.75) is 4.31 Å². The predicted octanol–water partition coefficient (Wildman–Crippen LogP) is 2.64. The molecule has 0 bridgehead atoms. The minimum absolute atomic E-state index is 1.15. The van der Waals surface area contributed by atoms with Crippen LogP contribution in [0.3, 0.4) is 0 Å². The Morgan fingerprint density at radius 2 is 1.07 bits per heavy atom. The second kappa shape index (κ2) is 5.75. The Kier molecular flexibility index (Phi) is 6.07. The van der Waals surface area contributed by atoms with E-state index >= 15 is 0 Å². The first-order valence-electron chi connectivity index (χ1n) is 3.46. The van der Waals surface area contributed by atoms with E-state index in [1.54, 1.807) is 0 Å². The van der Waals surface area contributed by atoms with Gasteiger partial charge in [-0.3, -0.25) is 9.13 Å². The van der Waals surface area contributed by atoms with E-state index in [0.717, 1.165) is 0 Å². The highest BCUT2D eigenvalue weighted by atomic mass is 79.9. The van der Waals surface area contributed by atoms with Gasteiger partial charge in [-0.15, -0.1) is 0 Å². The van der Waals surface area contributed by atoms with Crippen LogP contribution in [0.15, 0.2) is 0 Å². The Morgan fingerprint density at radius 3 is 1.21 bits per heavy atom. The van der Waals surface area contributed by atoms with E-state index in [9.17, 15) is 9.13 Å². The Morgan fingerprint density at radius 1 is 0.857 bits per heavy atom. The molecule has 0 aromatic rings. The summed E-state index contributed by atoms with van der Waals surface area (Å²) in [7, 11) is -2.29. The van der Waals surface area contributed by atoms with Crippen molar-refractivity contribution >= 4 is 31.1 Å². The van der Waals surface area contributed by atoms with Gasteiger partial charge in [0.15, 0.2) is 0 Å². The van der Waals surface area contributed by atoms with E-state index < -0.39 is 19.5 Å². The molecule has 0 N–H and O–H groups in total. The highest BCUT2D eigenvalue weighted by molar-refractivity contribution is 9.12. The van der Waals surface area contributed by atoms with Crippen molar-refractivity contribution in [3.8, 4) is 0 Å². The maximum atomic E-state index is 11.8. The van der Waals surface area contributed by atoms with Crippen molar-refractivity contribution in [1.82, 2.24) is 0 Å². The molecule has 14 heavy (non-hydrogen) atoms. The average Bonchev–Trinajstić information content (AvgIpc) is 2.25. The molecule has 0 amide bonds. The maximum Gasteiger partial charge on any atom is 0.355 e. The van der Waals surface area contributed by atoms with Crippen LogP contribution in [0, 0.1) is 0 Å². The minimum Gasteiger partial charge on any atom is -0.311 e. The van der Waals surface area contributed by atoms with Gasteiger partial charge in [-0.1, -0.05) is 15.9 Å². The van der Waals surface area contributed by atoms with E-state index in [0.29, 0.717) is 0 Å². The van der Waals surface area contributed by atoms with Crippen molar-refractivity contribution in [2.75, 3.05) is 28.4 Å². The topological polar surface area (TPSA) is 71.1 Å². The first-order valence-corrected chi connectivity index (χ1v) is 7.60. The standard InChI is InChI=1S/C5H13BrO6P2/c1-9-13(7,10-2)5(6)14(8,11-3)12-4/h5H,1-4H3. The first kappa shape index (κ1) is 14.8. The zero-order chi connectivity index (χ0) is 11.4. The van der Waals surface area contributed by atoms with Gasteiger partial charge >= 0.3 is 15.2 Å². The fourth-order valence-corrected chi connectivity index (χ4v) is 6.19. The highest BCUT2D eigenvalue weighted by Gasteiger charge is 2.47. The molecule has 0 rings (SSSR count). The molecule has 0 atom stereocenters. The molecular weight excluding hydrogens is 298 g/mol. The van der Waals surface area contributed by atoms with E-state index in [2.05, 4.69) is 34.0 Å². The van der Waals surface area contributed by atoms with Gasteiger partial charge in [0.25, 0.3) is 0 Å². The van der Waals surface area contributed by atoms with Crippen LogP contribution in [-0.2, 0) is 27.2 Å².